The third kappa shape index (κ3) is 9.70. The van der Waals surface area contributed by atoms with Crippen molar-refractivity contribution in [2.75, 3.05) is 0 Å². The predicted molar refractivity (Wildman–Crippen MR) is 66.2 cm³/mol. The number of hydrogen-bond acceptors (Lipinski definition) is 0. The molecule has 2 aliphatic carbocycles. The normalized spacial score (nSPS) is 15.6. The van der Waals surface area contributed by atoms with Gasteiger partial charge >= 0.3 is 26.2 Å². The summed E-state index contributed by atoms with van der Waals surface area (Å²) in [5.41, 5.74) is 1.49. The minimum Gasteiger partial charge on any atom is -1.00 e. The van der Waals surface area contributed by atoms with E-state index < -0.39 is 0 Å². The Morgan fingerprint density at radius 1 is 1.22 bits per heavy atom. The second-order valence-electron chi connectivity index (χ2n) is 3.95. The van der Waals surface area contributed by atoms with Crippen molar-refractivity contribution in [1.29, 1.82) is 0 Å². The Morgan fingerprint density at radius 2 is 1.94 bits per heavy atom. The maximum absolute atomic E-state index is 3.19. The van der Waals surface area contributed by atoms with Crippen LogP contribution in [0.5, 0.6) is 0 Å². The van der Waals surface area contributed by atoms with Gasteiger partial charge in [0.2, 0.25) is 0 Å². The van der Waals surface area contributed by atoms with Gasteiger partial charge in [-0.25, -0.2) is 18.2 Å². The van der Waals surface area contributed by atoms with Gasteiger partial charge in [0.25, 0.3) is 0 Å². The molecule has 0 saturated carbocycles. The van der Waals surface area contributed by atoms with Crippen LogP contribution >= 0.6 is 0 Å². The van der Waals surface area contributed by atoms with E-state index in [0.717, 1.165) is 18.8 Å². The van der Waals surface area contributed by atoms with Crippen molar-refractivity contribution in [3.8, 4) is 0 Å². The molecule has 1 unspecified atom stereocenters. The van der Waals surface area contributed by atoms with Crippen LogP contribution in [-0.4, -0.2) is 0 Å². The number of allylic oxidation sites excluding steroid dienone is 8. The largest absolute Gasteiger partial charge is 2.00 e. The average Bonchev–Trinajstić information content (AvgIpc) is 2.95. The zero-order valence-corrected chi connectivity index (χ0v) is 13.5. The van der Waals surface area contributed by atoms with Crippen molar-refractivity contribution in [3.63, 3.8) is 0 Å². The van der Waals surface area contributed by atoms with Crippen LogP contribution in [0.4, 0.5) is 0 Å². The van der Waals surface area contributed by atoms with Crippen LogP contribution in [0.2, 0.25) is 0 Å². The molecule has 0 radical (unpaired) electrons. The summed E-state index contributed by atoms with van der Waals surface area (Å²) in [6.45, 7) is 4.53. The zero-order chi connectivity index (χ0) is 10.9. The maximum Gasteiger partial charge on any atom is 2.00 e. The average molecular weight is 330 g/mol. The Hall–Kier alpha value is -0.297. The van der Waals surface area contributed by atoms with E-state index in [2.05, 4.69) is 44.2 Å². The van der Waals surface area contributed by atoms with Gasteiger partial charge in [-0.2, -0.15) is 17.7 Å². The van der Waals surface area contributed by atoms with E-state index in [0.29, 0.717) is 0 Å². The zero-order valence-electron chi connectivity index (χ0n) is 11.0. The Kier molecular flexibility index (Phi) is 18.7. The molecule has 0 aromatic heterocycles. The maximum atomic E-state index is 3.19. The van der Waals surface area contributed by atoms with E-state index in [-0.39, 0.29) is 35.6 Å². The fraction of sp³-hybridized carbons (Fsp3) is 0.467. The van der Waals surface area contributed by atoms with Crippen molar-refractivity contribution >= 4 is 0 Å². The smallest absolute Gasteiger partial charge is 1.00 e. The van der Waals surface area contributed by atoms with Crippen LogP contribution in [0.1, 0.15) is 39.5 Å². The molecule has 0 saturated heterocycles. The third-order valence-electron chi connectivity index (χ3n) is 2.60. The molecule has 100 valence electrons. The first kappa shape index (κ1) is 22.8. The van der Waals surface area contributed by atoms with Gasteiger partial charge in [0.05, 0.1) is 0 Å². The van der Waals surface area contributed by atoms with Crippen LogP contribution in [-0.2, 0) is 26.2 Å². The van der Waals surface area contributed by atoms with Crippen LogP contribution < -0.4 is 9.41 Å². The fourth-order valence-corrected chi connectivity index (χ4v) is 1.70. The second-order valence-corrected chi connectivity index (χ2v) is 3.95. The summed E-state index contributed by atoms with van der Waals surface area (Å²) in [5, 5.41) is 0. The quantitative estimate of drug-likeness (QED) is 0.549. The van der Waals surface area contributed by atoms with Gasteiger partial charge in [-0.05, 0) is 0 Å². The summed E-state index contributed by atoms with van der Waals surface area (Å²) in [6.07, 6.45) is 21.2. The molecule has 18 heavy (non-hydrogen) atoms. The number of hydrogen-bond donors (Lipinski definition) is 0. The van der Waals surface area contributed by atoms with Crippen LogP contribution in [0.25, 0.3) is 0 Å². The van der Waals surface area contributed by atoms with E-state index >= 15 is 0 Å². The molecule has 1 atom stereocenters. The number of halogens is 2. The molecule has 0 bridgehead atoms. The third-order valence-corrected chi connectivity index (χ3v) is 2.60. The van der Waals surface area contributed by atoms with Crippen molar-refractivity contribution in [3.05, 3.63) is 48.1 Å². The summed E-state index contributed by atoms with van der Waals surface area (Å²) in [4.78, 5) is 0. The molecule has 2 aliphatic rings. The molecule has 0 aromatic rings. The van der Waals surface area contributed by atoms with Crippen LogP contribution in [0, 0.1) is 18.1 Å². The van der Waals surface area contributed by atoms with Gasteiger partial charge in [-0.1, -0.05) is 32.6 Å². The van der Waals surface area contributed by atoms with Crippen molar-refractivity contribution < 1.29 is 35.6 Å². The monoisotopic (exact) mass is 328 g/mol. The topological polar surface area (TPSA) is 0 Å². The summed E-state index contributed by atoms with van der Waals surface area (Å²) in [6, 6.07) is 0. The molecule has 2 rings (SSSR count). The Bertz CT molecular complexity index is 281. The standard InChI is InChI=1S/C10H15.C5H5.2FH.Zr/c1-3-6-9(2)10-7-4-5-8-10;1-2-4-5-3-1;;;/h7-9H,3-4,6H2,1-2H3;1-3H,4H2;2*1H;/q2*-1;;;+2/p-2. The van der Waals surface area contributed by atoms with Gasteiger partial charge in [0.15, 0.2) is 0 Å². The van der Waals surface area contributed by atoms with Crippen molar-refractivity contribution in [2.24, 2.45) is 5.92 Å². The molecule has 0 spiro atoms. The van der Waals surface area contributed by atoms with Crippen molar-refractivity contribution in [2.45, 2.75) is 39.5 Å². The van der Waals surface area contributed by atoms with E-state index in [9.17, 15) is 0 Å². The van der Waals surface area contributed by atoms with Gasteiger partial charge in [-0.15, -0.1) is 12.8 Å². The minimum atomic E-state index is 0. The predicted octanol–water partition coefficient (Wildman–Crippen LogP) is -1.58. The molecular weight excluding hydrogens is 309 g/mol. The first-order valence-electron chi connectivity index (χ1n) is 5.83. The summed E-state index contributed by atoms with van der Waals surface area (Å²) in [7, 11) is 0. The summed E-state index contributed by atoms with van der Waals surface area (Å²) < 4.78 is 0. The van der Waals surface area contributed by atoms with Gasteiger partial charge in [0, 0.05) is 0 Å². The Labute approximate surface area is 129 Å². The fourth-order valence-electron chi connectivity index (χ4n) is 1.70. The van der Waals surface area contributed by atoms with E-state index in [1.807, 2.05) is 12.2 Å². The van der Waals surface area contributed by atoms with Gasteiger partial charge in [0.1, 0.15) is 0 Å². The minimum absolute atomic E-state index is 0. The molecule has 0 aromatic carbocycles. The molecular formula is C15H20F2Zr-2. The molecule has 0 heterocycles. The Morgan fingerprint density at radius 3 is 2.28 bits per heavy atom. The number of rotatable bonds is 3. The second kappa shape index (κ2) is 14.8. The van der Waals surface area contributed by atoms with E-state index in [4.69, 9.17) is 0 Å². The molecule has 0 amide bonds. The van der Waals surface area contributed by atoms with Crippen LogP contribution in [0.3, 0.4) is 0 Å². The first-order valence-corrected chi connectivity index (χ1v) is 5.83. The summed E-state index contributed by atoms with van der Waals surface area (Å²) in [5.74, 6) is 0.750. The summed E-state index contributed by atoms with van der Waals surface area (Å²) >= 11 is 0. The van der Waals surface area contributed by atoms with E-state index in [1.54, 1.807) is 0 Å². The molecule has 3 heteroatoms. The molecule has 0 N–H and O–H groups in total. The Balaban J connectivity index is -0.000000245. The molecule has 0 nitrogen and oxygen atoms in total. The van der Waals surface area contributed by atoms with E-state index in [1.165, 1.54) is 18.4 Å². The molecule has 0 fully saturated rings. The first-order chi connectivity index (χ1) is 7.34. The van der Waals surface area contributed by atoms with Gasteiger partial charge < -0.3 is 9.41 Å². The van der Waals surface area contributed by atoms with Gasteiger partial charge in [-0.3, -0.25) is 12.2 Å². The molecule has 0 aliphatic heterocycles. The van der Waals surface area contributed by atoms with Crippen molar-refractivity contribution in [1.82, 2.24) is 0 Å². The SMILES string of the molecule is CCCC(C)C1=CC[C-]=C1.[C-]1=CC=CC1.[F-].[F-].[Zr+2]. The van der Waals surface area contributed by atoms with Crippen LogP contribution in [0.15, 0.2) is 36.0 Å².